The van der Waals surface area contributed by atoms with E-state index in [1.165, 1.54) is 23.5 Å². The van der Waals surface area contributed by atoms with Crippen molar-refractivity contribution in [1.29, 1.82) is 0 Å². The minimum absolute atomic E-state index is 0.159. The number of hydrogen-bond donors (Lipinski definition) is 2. The topological polar surface area (TPSA) is 105 Å². The number of sulfonamides is 1. The number of amides is 2. The van der Waals surface area contributed by atoms with Crippen LogP contribution in [0, 0.1) is 0 Å². The van der Waals surface area contributed by atoms with Gasteiger partial charge in [0, 0.05) is 36.3 Å². The summed E-state index contributed by atoms with van der Waals surface area (Å²) in [6.45, 7) is 0.771. The van der Waals surface area contributed by atoms with E-state index in [-0.39, 0.29) is 24.0 Å². The normalized spacial score (nSPS) is 16.7. The Hall–Kier alpha value is -2.62. The molecule has 1 aliphatic rings. The molecule has 3 rings (SSSR count). The number of nitrogens with zero attached hydrogens (tertiary/aromatic N) is 1. The number of carbonyl (C=O) groups excluding carboxylic acids is 2. The van der Waals surface area contributed by atoms with E-state index < -0.39 is 21.8 Å². The van der Waals surface area contributed by atoms with E-state index in [4.69, 9.17) is 16.3 Å². The molecule has 0 aromatic heterocycles. The van der Waals surface area contributed by atoms with Crippen molar-refractivity contribution in [2.45, 2.75) is 43.2 Å². The highest BCUT2D eigenvalue weighted by Gasteiger charge is 2.33. The van der Waals surface area contributed by atoms with Gasteiger partial charge in [-0.3, -0.25) is 9.59 Å². The maximum atomic E-state index is 13.1. The van der Waals surface area contributed by atoms with Crippen molar-refractivity contribution >= 4 is 33.4 Å². The number of halogens is 1. The molecular weight excluding hydrogens is 466 g/mol. The Kier molecular flexibility index (Phi) is 8.71. The average molecular weight is 494 g/mol. The summed E-state index contributed by atoms with van der Waals surface area (Å²) in [6, 6.07) is 13.1. The lowest BCUT2D eigenvalue weighted by molar-refractivity contribution is -0.139. The van der Waals surface area contributed by atoms with Crippen LogP contribution in [-0.2, 0) is 26.2 Å². The summed E-state index contributed by atoms with van der Waals surface area (Å²) < 4.78 is 32.9. The lowest BCUT2D eigenvalue weighted by atomic mass is 10.0. The van der Waals surface area contributed by atoms with Crippen molar-refractivity contribution in [3.63, 3.8) is 0 Å². The van der Waals surface area contributed by atoms with Crippen molar-refractivity contribution in [1.82, 2.24) is 14.9 Å². The first-order valence-corrected chi connectivity index (χ1v) is 12.6. The Bertz CT molecular complexity index is 1080. The summed E-state index contributed by atoms with van der Waals surface area (Å²) >= 11 is 5.88. The fourth-order valence-electron chi connectivity index (χ4n) is 3.86. The second-order valence-corrected chi connectivity index (χ2v) is 10.1. The first kappa shape index (κ1) is 25.0. The summed E-state index contributed by atoms with van der Waals surface area (Å²) in [7, 11) is -2.13. The molecule has 0 unspecified atom stereocenters. The fourth-order valence-corrected chi connectivity index (χ4v) is 5.71. The summed E-state index contributed by atoms with van der Waals surface area (Å²) in [5, 5.41) is 5.63. The van der Waals surface area contributed by atoms with E-state index in [2.05, 4.69) is 10.6 Å². The molecule has 0 spiro atoms. The van der Waals surface area contributed by atoms with Crippen molar-refractivity contribution in [3.8, 4) is 5.75 Å². The third kappa shape index (κ3) is 6.46. The summed E-state index contributed by atoms with van der Waals surface area (Å²) in [6.07, 6.45) is 2.80. The van der Waals surface area contributed by atoms with Gasteiger partial charge in [0.05, 0.1) is 12.0 Å². The van der Waals surface area contributed by atoms with Gasteiger partial charge in [-0.05, 0) is 49.6 Å². The molecule has 2 amide bonds. The number of hydrogen-bond acceptors (Lipinski definition) is 5. The molecule has 178 valence electrons. The van der Waals surface area contributed by atoms with Crippen LogP contribution in [0.15, 0.2) is 53.4 Å². The van der Waals surface area contributed by atoms with Gasteiger partial charge in [0.1, 0.15) is 5.75 Å². The predicted molar refractivity (Wildman–Crippen MR) is 125 cm³/mol. The molecule has 8 nitrogen and oxygen atoms in total. The molecule has 0 saturated carbocycles. The van der Waals surface area contributed by atoms with Crippen molar-refractivity contribution in [3.05, 3.63) is 59.1 Å². The lowest BCUT2D eigenvalue weighted by Crippen LogP contribution is -2.46. The molecule has 1 fully saturated rings. The second kappa shape index (κ2) is 11.5. The molecular formula is C23H28ClN3O5S. The number of carbonyl (C=O) groups is 2. The molecule has 0 radical (unpaired) electrons. The SMILES string of the molecule is COc1ccccc1CNC(=O)C(=O)NCC[C@@H]1CCCCN1S(=O)(=O)c1ccc(Cl)cc1. The molecule has 0 bridgehead atoms. The maximum Gasteiger partial charge on any atom is 0.309 e. The third-order valence-electron chi connectivity index (χ3n) is 5.59. The molecule has 2 aromatic rings. The minimum Gasteiger partial charge on any atom is -0.496 e. The lowest BCUT2D eigenvalue weighted by Gasteiger charge is -2.34. The zero-order chi connectivity index (χ0) is 23.8. The highest BCUT2D eigenvalue weighted by atomic mass is 35.5. The van der Waals surface area contributed by atoms with Crippen molar-refractivity contribution in [2.24, 2.45) is 0 Å². The highest BCUT2D eigenvalue weighted by molar-refractivity contribution is 7.89. The molecule has 1 saturated heterocycles. The number of methoxy groups -OCH3 is 1. The monoisotopic (exact) mass is 493 g/mol. The van der Waals surface area contributed by atoms with E-state index in [0.29, 0.717) is 30.2 Å². The van der Waals surface area contributed by atoms with E-state index in [0.717, 1.165) is 18.4 Å². The number of ether oxygens (including phenoxy) is 1. The van der Waals surface area contributed by atoms with Gasteiger partial charge >= 0.3 is 11.8 Å². The Morgan fingerprint density at radius 3 is 2.48 bits per heavy atom. The molecule has 1 heterocycles. The Balaban J connectivity index is 1.53. The van der Waals surface area contributed by atoms with E-state index in [9.17, 15) is 18.0 Å². The van der Waals surface area contributed by atoms with Gasteiger partial charge in [0.25, 0.3) is 0 Å². The van der Waals surface area contributed by atoms with Crippen LogP contribution in [-0.4, -0.2) is 50.8 Å². The second-order valence-electron chi connectivity index (χ2n) is 7.76. The van der Waals surface area contributed by atoms with Crippen LogP contribution in [0.5, 0.6) is 5.75 Å². The first-order valence-electron chi connectivity index (χ1n) is 10.8. The summed E-state index contributed by atoms with van der Waals surface area (Å²) in [5.41, 5.74) is 0.756. The van der Waals surface area contributed by atoms with Gasteiger partial charge in [-0.25, -0.2) is 8.42 Å². The van der Waals surface area contributed by atoms with Crippen LogP contribution in [0.25, 0.3) is 0 Å². The van der Waals surface area contributed by atoms with Gasteiger partial charge < -0.3 is 15.4 Å². The largest absolute Gasteiger partial charge is 0.496 e. The molecule has 1 aliphatic heterocycles. The molecule has 1 atom stereocenters. The van der Waals surface area contributed by atoms with Gasteiger partial charge in [-0.2, -0.15) is 4.31 Å². The van der Waals surface area contributed by atoms with E-state index in [1.807, 2.05) is 12.1 Å². The number of piperidine rings is 1. The number of benzene rings is 2. The zero-order valence-corrected chi connectivity index (χ0v) is 20.0. The Morgan fingerprint density at radius 1 is 1.06 bits per heavy atom. The van der Waals surface area contributed by atoms with Crippen LogP contribution >= 0.6 is 11.6 Å². The van der Waals surface area contributed by atoms with E-state index in [1.54, 1.807) is 24.3 Å². The average Bonchev–Trinajstić information content (AvgIpc) is 2.83. The summed E-state index contributed by atoms with van der Waals surface area (Å²) in [4.78, 5) is 24.5. The standard InChI is InChI=1S/C23H28ClN3O5S/c1-32-21-8-3-2-6-17(21)16-26-23(29)22(28)25-14-13-19-7-4-5-15-27(19)33(30,31)20-11-9-18(24)10-12-20/h2-3,6,8-12,19H,4-5,7,13-16H2,1H3,(H,25,28)(H,26,29)/t19-/m0/s1. The first-order chi connectivity index (χ1) is 15.8. The molecule has 33 heavy (non-hydrogen) atoms. The number of nitrogens with one attached hydrogen (secondary N) is 2. The molecule has 10 heteroatoms. The van der Waals surface area contributed by atoms with Gasteiger partial charge in [0.15, 0.2) is 0 Å². The Morgan fingerprint density at radius 2 is 1.76 bits per heavy atom. The molecule has 2 N–H and O–H groups in total. The van der Waals surface area contributed by atoms with Gasteiger partial charge in [-0.1, -0.05) is 36.2 Å². The van der Waals surface area contributed by atoms with Gasteiger partial charge in [-0.15, -0.1) is 0 Å². The van der Waals surface area contributed by atoms with Crippen molar-refractivity contribution in [2.75, 3.05) is 20.2 Å². The Labute approximate surface area is 199 Å². The fraction of sp³-hybridized carbons (Fsp3) is 0.391. The predicted octanol–water partition coefficient (Wildman–Crippen LogP) is 2.71. The highest BCUT2D eigenvalue weighted by Crippen LogP contribution is 2.27. The number of rotatable bonds is 8. The van der Waals surface area contributed by atoms with Gasteiger partial charge in [0.2, 0.25) is 10.0 Å². The van der Waals surface area contributed by atoms with Crippen LogP contribution in [0.2, 0.25) is 5.02 Å². The quantitative estimate of drug-likeness (QED) is 0.550. The molecule has 0 aliphatic carbocycles. The van der Waals surface area contributed by atoms with Crippen LogP contribution in [0.3, 0.4) is 0 Å². The zero-order valence-electron chi connectivity index (χ0n) is 18.4. The van der Waals surface area contributed by atoms with Crippen molar-refractivity contribution < 1.29 is 22.7 Å². The smallest absolute Gasteiger partial charge is 0.309 e. The van der Waals surface area contributed by atoms with E-state index >= 15 is 0 Å². The van der Waals surface area contributed by atoms with Crippen LogP contribution in [0.1, 0.15) is 31.2 Å². The number of para-hydroxylation sites is 1. The molecule has 2 aromatic carbocycles. The van der Waals surface area contributed by atoms with Crippen LogP contribution in [0.4, 0.5) is 0 Å². The maximum absolute atomic E-state index is 13.1. The van der Waals surface area contributed by atoms with Crippen LogP contribution < -0.4 is 15.4 Å². The third-order valence-corrected chi connectivity index (χ3v) is 7.81. The summed E-state index contributed by atoms with van der Waals surface area (Å²) in [5.74, 6) is -0.888. The minimum atomic E-state index is -3.67.